The van der Waals surface area contributed by atoms with Crippen LogP contribution in [0, 0.1) is 0 Å². The van der Waals surface area contributed by atoms with Gasteiger partial charge < -0.3 is 25.0 Å². The molecule has 1 amide bonds. The first-order chi connectivity index (χ1) is 16.9. The van der Waals surface area contributed by atoms with E-state index in [1.165, 1.54) is 63.4 Å². The van der Waals surface area contributed by atoms with Crippen LogP contribution in [0.2, 0.25) is 10.0 Å². The number of hydrogen-bond acceptors (Lipinski definition) is 6. The van der Waals surface area contributed by atoms with Gasteiger partial charge in [0, 0.05) is 10.4 Å². The molecule has 9 heteroatoms. The molecule has 7 nitrogen and oxygen atoms in total. The number of aryl methyl sites for hydroxylation is 1. The number of hydrogen-bond donors (Lipinski definition) is 2. The fraction of sp³-hybridized carbons (Fsp3) is 0.385. The predicted molar refractivity (Wildman–Crippen MR) is 138 cm³/mol. The number of benzene rings is 2. The fourth-order valence-electron chi connectivity index (χ4n) is 4.02. The number of carbonyl (C=O) groups excluding carboxylic acids is 1. The van der Waals surface area contributed by atoms with Crippen LogP contribution in [0.5, 0.6) is 5.75 Å². The number of likely N-dealkylation sites (tertiary alicyclic amines) is 1. The summed E-state index contributed by atoms with van der Waals surface area (Å²) in [5, 5.41) is 13.4. The maximum absolute atomic E-state index is 10.9. The van der Waals surface area contributed by atoms with E-state index in [1.54, 1.807) is 18.2 Å². The molecule has 2 aromatic carbocycles. The van der Waals surface area contributed by atoms with Gasteiger partial charge in [-0.1, -0.05) is 34.4 Å². The number of amides is 1. The molecule has 2 aliphatic rings. The van der Waals surface area contributed by atoms with E-state index in [1.807, 2.05) is 6.07 Å². The van der Waals surface area contributed by atoms with E-state index in [-0.39, 0.29) is 11.5 Å². The zero-order valence-corrected chi connectivity index (χ0v) is 20.9. The van der Waals surface area contributed by atoms with Gasteiger partial charge in [0.15, 0.2) is 5.76 Å². The van der Waals surface area contributed by atoms with Gasteiger partial charge in [-0.2, -0.15) is 0 Å². The molecule has 3 N–H and O–H groups in total. The second-order valence-corrected chi connectivity index (χ2v) is 9.68. The Labute approximate surface area is 214 Å². The Balaban J connectivity index is 0.000000168. The lowest BCUT2D eigenvalue weighted by atomic mass is 10.1. The van der Waals surface area contributed by atoms with Crippen molar-refractivity contribution in [3.63, 3.8) is 0 Å². The van der Waals surface area contributed by atoms with Crippen molar-refractivity contribution < 1.29 is 19.2 Å². The average Bonchev–Trinajstić information content (AvgIpc) is 3.31. The van der Waals surface area contributed by atoms with Gasteiger partial charge in [0.05, 0.1) is 11.1 Å². The van der Waals surface area contributed by atoms with Crippen LogP contribution in [0.25, 0.3) is 11.0 Å². The number of nitrogens with two attached hydrogens (primary N) is 1. The van der Waals surface area contributed by atoms with E-state index >= 15 is 0 Å². The Morgan fingerprint density at radius 1 is 1.14 bits per heavy atom. The zero-order chi connectivity index (χ0) is 24.8. The molecular formula is C26H29Cl2N3O4. The van der Waals surface area contributed by atoms with Gasteiger partial charge in [-0.25, -0.2) is 0 Å². The molecule has 2 heterocycles. The van der Waals surface area contributed by atoms with Gasteiger partial charge in [0.1, 0.15) is 11.3 Å². The second-order valence-electron chi connectivity index (χ2n) is 8.84. The summed E-state index contributed by atoms with van der Waals surface area (Å²) in [5.74, 6) is 0.0902. The molecular weight excluding hydrogens is 489 g/mol. The topological polar surface area (TPSA) is 101 Å². The Kier molecular flexibility index (Phi) is 8.55. The van der Waals surface area contributed by atoms with Crippen molar-refractivity contribution in [3.8, 4) is 5.75 Å². The van der Waals surface area contributed by atoms with Crippen LogP contribution in [0.1, 0.15) is 43.4 Å². The summed E-state index contributed by atoms with van der Waals surface area (Å²) in [5.41, 5.74) is 6.54. The molecule has 1 saturated heterocycles. The van der Waals surface area contributed by atoms with Crippen molar-refractivity contribution in [1.82, 2.24) is 4.90 Å². The maximum atomic E-state index is 10.9. The number of oxime groups is 1. The van der Waals surface area contributed by atoms with E-state index < -0.39 is 5.91 Å². The first kappa shape index (κ1) is 25.4. The van der Waals surface area contributed by atoms with Crippen LogP contribution in [0.3, 0.4) is 0 Å². The van der Waals surface area contributed by atoms with E-state index in [2.05, 4.69) is 22.2 Å². The minimum absolute atomic E-state index is 0.104. The van der Waals surface area contributed by atoms with Crippen molar-refractivity contribution in [2.24, 2.45) is 10.9 Å². The van der Waals surface area contributed by atoms with Crippen molar-refractivity contribution in [1.29, 1.82) is 0 Å². The van der Waals surface area contributed by atoms with Crippen molar-refractivity contribution in [2.45, 2.75) is 44.6 Å². The van der Waals surface area contributed by atoms with Crippen LogP contribution >= 0.6 is 23.2 Å². The monoisotopic (exact) mass is 517 g/mol. The number of ether oxygens (including phenoxy) is 1. The van der Waals surface area contributed by atoms with E-state index in [0.717, 1.165) is 17.2 Å². The normalized spacial score (nSPS) is 16.2. The van der Waals surface area contributed by atoms with Crippen LogP contribution in [0.15, 0.2) is 52.0 Å². The molecule has 2 fully saturated rings. The number of carbonyl (C=O) groups is 1. The van der Waals surface area contributed by atoms with Gasteiger partial charge >= 0.3 is 0 Å². The molecule has 0 unspecified atom stereocenters. The third kappa shape index (κ3) is 7.13. The molecule has 0 bridgehead atoms. The Hall–Kier alpha value is -2.74. The SMILES string of the molecule is Clc1cc(CCCN2CCCC2)ccc1OC1CC1.NC(=O)/C(=N/O)c1cc2cc(Cl)ccc2o1. The van der Waals surface area contributed by atoms with Crippen molar-refractivity contribution in [3.05, 3.63) is 63.8 Å². The van der Waals surface area contributed by atoms with Crippen molar-refractivity contribution >= 4 is 45.8 Å². The minimum Gasteiger partial charge on any atom is -0.489 e. The highest BCUT2D eigenvalue weighted by molar-refractivity contribution is 6.44. The van der Waals surface area contributed by atoms with E-state index in [4.69, 9.17) is 43.3 Å². The minimum atomic E-state index is -0.868. The Morgan fingerprint density at radius 3 is 2.57 bits per heavy atom. The molecule has 0 spiro atoms. The molecule has 1 saturated carbocycles. The summed E-state index contributed by atoms with van der Waals surface area (Å²) < 4.78 is 11.0. The van der Waals surface area contributed by atoms with Crippen LogP contribution < -0.4 is 10.5 Å². The standard InChI is InChI=1S/C16H22ClNO.C10H7ClN2O3/c17-15-12-13(4-3-11-18-9-1-2-10-18)5-8-16(15)19-14-6-7-14;11-6-1-2-7-5(3-6)4-8(16-7)9(13-15)10(12)14/h5,8,12,14H,1-4,6-7,9-11H2;1-4,15H,(H2,12,14)/b;13-9+. The highest BCUT2D eigenvalue weighted by Crippen LogP contribution is 2.32. The summed E-state index contributed by atoms with van der Waals surface area (Å²) in [6.45, 7) is 3.79. The fourth-order valence-corrected chi connectivity index (χ4v) is 4.45. The first-order valence-corrected chi connectivity index (χ1v) is 12.6. The highest BCUT2D eigenvalue weighted by atomic mass is 35.5. The average molecular weight is 518 g/mol. The van der Waals surface area contributed by atoms with Crippen LogP contribution in [0.4, 0.5) is 0 Å². The number of halogens is 2. The molecule has 1 aliphatic carbocycles. The number of furan rings is 1. The molecule has 0 atom stereocenters. The second kappa shape index (κ2) is 11.8. The molecule has 186 valence electrons. The summed E-state index contributed by atoms with van der Waals surface area (Å²) in [6, 6.07) is 12.8. The third-order valence-electron chi connectivity index (χ3n) is 6.00. The largest absolute Gasteiger partial charge is 0.489 e. The Morgan fingerprint density at radius 2 is 1.91 bits per heavy atom. The summed E-state index contributed by atoms with van der Waals surface area (Å²) >= 11 is 12.1. The smallest absolute Gasteiger partial charge is 0.274 e. The molecule has 35 heavy (non-hydrogen) atoms. The quantitative estimate of drug-likeness (QED) is 0.228. The number of nitrogens with zero attached hydrogens (tertiary/aromatic N) is 2. The lowest BCUT2D eigenvalue weighted by molar-refractivity contribution is -0.112. The van der Waals surface area contributed by atoms with Crippen LogP contribution in [-0.4, -0.2) is 47.5 Å². The predicted octanol–water partition coefficient (Wildman–Crippen LogP) is 5.66. The zero-order valence-electron chi connectivity index (χ0n) is 19.4. The number of primary amides is 1. The summed E-state index contributed by atoms with van der Waals surface area (Å²) in [6.07, 6.45) is 7.84. The van der Waals surface area contributed by atoms with Gasteiger partial charge in [-0.15, -0.1) is 0 Å². The first-order valence-electron chi connectivity index (χ1n) is 11.8. The Bertz CT molecular complexity index is 1200. The lowest BCUT2D eigenvalue weighted by Gasteiger charge is -2.14. The number of rotatable bonds is 8. The van der Waals surface area contributed by atoms with Gasteiger partial charge in [0.25, 0.3) is 5.91 Å². The van der Waals surface area contributed by atoms with E-state index in [0.29, 0.717) is 22.1 Å². The van der Waals surface area contributed by atoms with E-state index in [9.17, 15) is 4.79 Å². The lowest BCUT2D eigenvalue weighted by Crippen LogP contribution is -2.23. The summed E-state index contributed by atoms with van der Waals surface area (Å²) in [4.78, 5) is 13.5. The van der Waals surface area contributed by atoms with Gasteiger partial charge in [-0.05, 0) is 100 Å². The van der Waals surface area contributed by atoms with Gasteiger partial charge in [-0.3, -0.25) is 4.79 Å². The molecule has 5 rings (SSSR count). The highest BCUT2D eigenvalue weighted by Gasteiger charge is 2.24. The molecule has 3 aromatic rings. The molecule has 0 radical (unpaired) electrons. The molecule has 1 aliphatic heterocycles. The van der Waals surface area contributed by atoms with Crippen LogP contribution in [-0.2, 0) is 11.2 Å². The molecule has 1 aromatic heterocycles. The van der Waals surface area contributed by atoms with Crippen molar-refractivity contribution in [2.75, 3.05) is 19.6 Å². The maximum Gasteiger partial charge on any atom is 0.274 e. The number of fused-ring (bicyclic) bond motifs is 1. The summed E-state index contributed by atoms with van der Waals surface area (Å²) in [7, 11) is 0. The third-order valence-corrected chi connectivity index (χ3v) is 6.53. The van der Waals surface area contributed by atoms with Gasteiger partial charge in [0.2, 0.25) is 5.71 Å².